The third kappa shape index (κ3) is 3.14. The fraction of sp³-hybridized carbons (Fsp3) is 0.105. The number of esters is 1. The molecule has 0 atom stereocenters. The number of benzene rings is 2. The molecule has 3 aromatic rings. The first-order chi connectivity index (χ1) is 13.4. The molecule has 140 valence electrons. The highest BCUT2D eigenvalue weighted by Gasteiger charge is 2.37. The summed E-state index contributed by atoms with van der Waals surface area (Å²) >= 11 is 5.86. The largest absolute Gasteiger partial charge is 0.452 e. The van der Waals surface area contributed by atoms with Crippen molar-refractivity contribution < 1.29 is 23.5 Å². The number of hydrogen-bond acceptors (Lipinski definition) is 7. The molecule has 0 radical (unpaired) electrons. The average Bonchev–Trinajstić information content (AvgIpc) is 3.22. The Morgan fingerprint density at radius 1 is 1.07 bits per heavy atom. The van der Waals surface area contributed by atoms with Crippen LogP contribution in [0.4, 0.5) is 5.69 Å². The molecule has 0 saturated carbocycles. The lowest BCUT2D eigenvalue weighted by atomic mass is 10.1. The fourth-order valence-electron chi connectivity index (χ4n) is 2.80. The van der Waals surface area contributed by atoms with Gasteiger partial charge >= 0.3 is 5.97 Å². The molecule has 0 aliphatic carbocycles. The Kier molecular flexibility index (Phi) is 4.40. The summed E-state index contributed by atoms with van der Waals surface area (Å²) in [6.45, 7) is 1.43. The van der Waals surface area contributed by atoms with Crippen molar-refractivity contribution >= 4 is 35.1 Å². The van der Waals surface area contributed by atoms with E-state index in [0.29, 0.717) is 16.6 Å². The molecule has 1 aromatic heterocycles. The van der Waals surface area contributed by atoms with Crippen LogP contribution in [0.2, 0.25) is 5.02 Å². The van der Waals surface area contributed by atoms with Crippen molar-refractivity contribution in [2.45, 2.75) is 13.5 Å². The number of nitrogens with zero attached hydrogens (tertiary/aromatic N) is 3. The van der Waals surface area contributed by atoms with Gasteiger partial charge in [0.1, 0.15) is 0 Å². The lowest BCUT2D eigenvalue weighted by Gasteiger charge is -2.13. The zero-order chi connectivity index (χ0) is 19.8. The summed E-state index contributed by atoms with van der Waals surface area (Å²) in [6, 6.07) is 10.5. The quantitative estimate of drug-likeness (QED) is 0.492. The Morgan fingerprint density at radius 3 is 2.46 bits per heavy atom. The average molecular weight is 398 g/mol. The van der Waals surface area contributed by atoms with E-state index in [1.165, 1.54) is 18.2 Å². The van der Waals surface area contributed by atoms with Crippen molar-refractivity contribution in [3.63, 3.8) is 0 Å². The molecule has 28 heavy (non-hydrogen) atoms. The van der Waals surface area contributed by atoms with Gasteiger partial charge in [-0.3, -0.25) is 9.59 Å². The van der Waals surface area contributed by atoms with Crippen LogP contribution in [-0.4, -0.2) is 28.0 Å². The van der Waals surface area contributed by atoms with Gasteiger partial charge in [0.15, 0.2) is 6.61 Å². The molecule has 0 fully saturated rings. The molecule has 8 nitrogen and oxygen atoms in total. The normalized spacial score (nSPS) is 13.0. The third-order valence-corrected chi connectivity index (χ3v) is 4.35. The number of aryl methyl sites for hydroxylation is 1. The minimum Gasteiger partial charge on any atom is -0.452 e. The smallest absolute Gasteiger partial charge is 0.338 e. The van der Waals surface area contributed by atoms with Gasteiger partial charge in [-0.15, -0.1) is 10.2 Å². The second kappa shape index (κ2) is 6.90. The number of hydrogen-bond donors (Lipinski definition) is 0. The zero-order valence-electron chi connectivity index (χ0n) is 14.5. The zero-order valence-corrected chi connectivity index (χ0v) is 15.3. The van der Waals surface area contributed by atoms with Crippen LogP contribution in [0.25, 0.3) is 0 Å². The molecule has 0 saturated heterocycles. The van der Waals surface area contributed by atoms with E-state index in [1.807, 2.05) is 0 Å². The number of ether oxygens (including phenoxy) is 1. The topological polar surface area (TPSA) is 103 Å². The van der Waals surface area contributed by atoms with Gasteiger partial charge in [0.25, 0.3) is 17.7 Å². The second-order valence-corrected chi connectivity index (χ2v) is 6.41. The van der Waals surface area contributed by atoms with E-state index in [0.717, 1.165) is 4.90 Å². The maximum atomic E-state index is 12.7. The predicted octanol–water partition coefficient (Wildman–Crippen LogP) is 3.19. The number of aromatic nitrogens is 2. The highest BCUT2D eigenvalue weighted by Crippen LogP contribution is 2.30. The van der Waals surface area contributed by atoms with Crippen molar-refractivity contribution in [3.8, 4) is 0 Å². The van der Waals surface area contributed by atoms with Crippen molar-refractivity contribution in [1.29, 1.82) is 0 Å². The molecular formula is C19H12ClN3O5. The van der Waals surface area contributed by atoms with Crippen LogP contribution in [0.5, 0.6) is 0 Å². The van der Waals surface area contributed by atoms with Gasteiger partial charge in [0, 0.05) is 11.9 Å². The number of carbonyl (C=O) groups is 3. The van der Waals surface area contributed by atoms with Gasteiger partial charge in [-0.2, -0.15) is 0 Å². The summed E-state index contributed by atoms with van der Waals surface area (Å²) in [4.78, 5) is 38.7. The molecule has 1 aliphatic rings. The van der Waals surface area contributed by atoms with Gasteiger partial charge < -0.3 is 9.15 Å². The summed E-state index contributed by atoms with van der Waals surface area (Å²) < 4.78 is 10.2. The Balaban J connectivity index is 1.56. The molecular weight excluding hydrogens is 386 g/mol. The van der Waals surface area contributed by atoms with Crippen molar-refractivity contribution in [2.24, 2.45) is 0 Å². The van der Waals surface area contributed by atoms with Crippen LogP contribution >= 0.6 is 11.6 Å². The van der Waals surface area contributed by atoms with E-state index < -0.39 is 17.8 Å². The fourth-order valence-corrected chi connectivity index (χ4v) is 2.92. The molecule has 2 heterocycles. The van der Waals surface area contributed by atoms with Crippen molar-refractivity contribution in [3.05, 3.63) is 76.0 Å². The monoisotopic (exact) mass is 397 g/mol. The lowest BCUT2D eigenvalue weighted by Crippen LogP contribution is -2.29. The Bertz CT molecular complexity index is 1110. The lowest BCUT2D eigenvalue weighted by molar-refractivity contribution is 0.0436. The van der Waals surface area contributed by atoms with Crippen LogP contribution < -0.4 is 4.90 Å². The van der Waals surface area contributed by atoms with Gasteiger partial charge in [-0.1, -0.05) is 11.6 Å². The number of rotatable bonds is 4. The Hall–Kier alpha value is -3.52. The van der Waals surface area contributed by atoms with Crippen LogP contribution in [0.3, 0.4) is 0 Å². The molecule has 0 N–H and O–H groups in total. The van der Waals surface area contributed by atoms with E-state index in [1.54, 1.807) is 31.2 Å². The summed E-state index contributed by atoms with van der Waals surface area (Å²) in [7, 11) is 0. The van der Waals surface area contributed by atoms with E-state index in [-0.39, 0.29) is 29.2 Å². The van der Waals surface area contributed by atoms with Crippen LogP contribution in [0, 0.1) is 6.92 Å². The maximum Gasteiger partial charge on any atom is 0.338 e. The van der Waals surface area contributed by atoms with Crippen LogP contribution in [0.1, 0.15) is 42.9 Å². The third-order valence-electron chi connectivity index (χ3n) is 4.10. The standard InChI is InChI=1S/C19H12ClN3O5/c1-10-21-22-16(28-10)9-27-19(26)11-2-7-14-15(8-11)18(25)23(17(14)24)13-5-3-12(20)4-6-13/h2-8H,9H2,1H3. The highest BCUT2D eigenvalue weighted by atomic mass is 35.5. The van der Waals surface area contributed by atoms with Gasteiger partial charge in [0.05, 0.1) is 22.4 Å². The molecule has 9 heteroatoms. The first kappa shape index (κ1) is 17.9. The second-order valence-electron chi connectivity index (χ2n) is 5.97. The minimum absolute atomic E-state index is 0.128. The van der Waals surface area contributed by atoms with Crippen molar-refractivity contribution in [2.75, 3.05) is 4.90 Å². The maximum absolute atomic E-state index is 12.7. The first-order valence-corrected chi connectivity index (χ1v) is 8.56. The number of halogens is 1. The number of imide groups is 1. The van der Waals surface area contributed by atoms with Crippen LogP contribution in [-0.2, 0) is 11.3 Å². The Morgan fingerprint density at radius 2 is 1.79 bits per heavy atom. The molecule has 2 amide bonds. The van der Waals surface area contributed by atoms with E-state index in [4.69, 9.17) is 20.8 Å². The van der Waals surface area contributed by atoms with Crippen LogP contribution in [0.15, 0.2) is 46.9 Å². The number of carbonyl (C=O) groups excluding carboxylic acids is 3. The summed E-state index contributed by atoms with van der Waals surface area (Å²) in [6.07, 6.45) is 0. The highest BCUT2D eigenvalue weighted by molar-refractivity contribution is 6.35. The molecule has 0 spiro atoms. The van der Waals surface area contributed by atoms with Gasteiger partial charge in [-0.05, 0) is 42.5 Å². The summed E-state index contributed by atoms with van der Waals surface area (Å²) in [5.41, 5.74) is 0.868. The molecule has 0 unspecified atom stereocenters. The molecule has 0 bridgehead atoms. The number of anilines is 1. The molecule has 4 rings (SSSR count). The summed E-state index contributed by atoms with van der Waals surface area (Å²) in [5, 5.41) is 7.86. The predicted molar refractivity (Wildman–Crippen MR) is 97.2 cm³/mol. The van der Waals surface area contributed by atoms with Gasteiger partial charge in [-0.25, -0.2) is 9.69 Å². The minimum atomic E-state index is -0.677. The van der Waals surface area contributed by atoms with E-state index >= 15 is 0 Å². The Labute approximate surface area is 163 Å². The van der Waals surface area contributed by atoms with Gasteiger partial charge in [0.2, 0.25) is 5.89 Å². The van der Waals surface area contributed by atoms with E-state index in [2.05, 4.69) is 10.2 Å². The first-order valence-electron chi connectivity index (χ1n) is 8.18. The SMILES string of the molecule is Cc1nnc(COC(=O)c2ccc3c(c2)C(=O)N(c2ccc(Cl)cc2)C3=O)o1. The van der Waals surface area contributed by atoms with Crippen molar-refractivity contribution in [1.82, 2.24) is 10.2 Å². The summed E-state index contributed by atoms with van der Waals surface area (Å²) in [5.74, 6) is -1.15. The van der Waals surface area contributed by atoms with E-state index in [9.17, 15) is 14.4 Å². The molecule has 2 aromatic carbocycles. The molecule has 1 aliphatic heterocycles. The number of fused-ring (bicyclic) bond motifs is 1. The number of amides is 2.